The van der Waals surface area contributed by atoms with Crippen molar-refractivity contribution in [2.45, 2.75) is 18.8 Å². The third kappa shape index (κ3) is 6.40. The van der Waals surface area contributed by atoms with Gasteiger partial charge in [0.2, 0.25) is 0 Å². The fourth-order valence-corrected chi connectivity index (χ4v) is 6.12. The highest BCUT2D eigenvalue weighted by Crippen LogP contribution is 2.31. The second kappa shape index (κ2) is 11.2. The SMILES string of the molecule is CS/C(=N\S(=O)(=O)NCC1CCN(C)CC1)N1CC(c2ccccc2)C(c2ccc(Cl)cc2)=N1. The summed E-state index contributed by atoms with van der Waals surface area (Å²) in [6, 6.07) is 17.7. The minimum atomic E-state index is -3.84. The summed E-state index contributed by atoms with van der Waals surface area (Å²) in [4.78, 5) is 2.27. The summed E-state index contributed by atoms with van der Waals surface area (Å²) in [7, 11) is -1.75. The van der Waals surface area contributed by atoms with E-state index >= 15 is 0 Å². The van der Waals surface area contributed by atoms with E-state index in [2.05, 4.69) is 33.2 Å². The monoisotopic (exact) mass is 519 g/mol. The number of hydrazone groups is 1. The summed E-state index contributed by atoms with van der Waals surface area (Å²) >= 11 is 7.36. The molecule has 4 rings (SSSR count). The van der Waals surface area contributed by atoms with E-state index in [4.69, 9.17) is 16.7 Å². The molecule has 7 nitrogen and oxygen atoms in total. The molecule has 1 atom stereocenters. The van der Waals surface area contributed by atoms with Gasteiger partial charge >= 0.3 is 10.2 Å². The van der Waals surface area contributed by atoms with Gasteiger partial charge in [-0.2, -0.15) is 18.2 Å². The van der Waals surface area contributed by atoms with Crippen LogP contribution in [0.25, 0.3) is 0 Å². The number of nitrogens with zero attached hydrogens (tertiary/aromatic N) is 4. The van der Waals surface area contributed by atoms with Crippen LogP contribution in [0.2, 0.25) is 5.02 Å². The summed E-state index contributed by atoms with van der Waals surface area (Å²) in [5, 5.41) is 7.52. The van der Waals surface area contributed by atoms with E-state index in [-0.39, 0.29) is 5.92 Å². The molecule has 0 aliphatic carbocycles. The number of amidine groups is 1. The van der Waals surface area contributed by atoms with E-state index in [1.807, 2.05) is 48.7 Å². The zero-order valence-corrected chi connectivity index (χ0v) is 21.8. The lowest BCUT2D eigenvalue weighted by Crippen LogP contribution is -2.37. The predicted octanol–water partition coefficient (Wildman–Crippen LogP) is 4.04. The van der Waals surface area contributed by atoms with Gasteiger partial charge in [0.25, 0.3) is 0 Å². The van der Waals surface area contributed by atoms with Gasteiger partial charge in [0.05, 0.1) is 12.3 Å². The topological polar surface area (TPSA) is 77.4 Å². The number of piperidine rings is 1. The molecule has 2 heterocycles. The lowest BCUT2D eigenvalue weighted by molar-refractivity contribution is 0.220. The fraction of sp³-hybridized carbons (Fsp3) is 0.417. The van der Waals surface area contributed by atoms with Crippen LogP contribution in [-0.4, -0.2) is 68.7 Å². The van der Waals surface area contributed by atoms with Crippen molar-refractivity contribution in [2.75, 3.05) is 39.5 Å². The smallest absolute Gasteiger partial charge is 0.306 e. The van der Waals surface area contributed by atoms with Crippen molar-refractivity contribution < 1.29 is 8.42 Å². The Balaban J connectivity index is 1.55. The number of thioether (sulfide) groups is 1. The van der Waals surface area contributed by atoms with E-state index in [1.165, 1.54) is 11.8 Å². The van der Waals surface area contributed by atoms with Crippen molar-refractivity contribution in [2.24, 2.45) is 15.4 Å². The van der Waals surface area contributed by atoms with Crippen LogP contribution in [-0.2, 0) is 10.2 Å². The Labute approximate surface area is 211 Å². The molecular formula is C24H30ClN5O2S2. The van der Waals surface area contributed by atoms with Gasteiger partial charge < -0.3 is 4.90 Å². The average molecular weight is 520 g/mol. The molecule has 2 aromatic rings. The summed E-state index contributed by atoms with van der Waals surface area (Å²) in [5.74, 6) is 0.317. The lowest BCUT2D eigenvalue weighted by Gasteiger charge is -2.28. The van der Waals surface area contributed by atoms with Crippen molar-refractivity contribution in [1.82, 2.24) is 14.6 Å². The maximum absolute atomic E-state index is 12.8. The average Bonchev–Trinajstić information content (AvgIpc) is 3.29. The van der Waals surface area contributed by atoms with Crippen LogP contribution in [0.4, 0.5) is 0 Å². The Morgan fingerprint density at radius 3 is 2.47 bits per heavy atom. The van der Waals surface area contributed by atoms with Gasteiger partial charge in [0, 0.05) is 17.5 Å². The number of halogens is 1. The molecule has 0 amide bonds. The Kier molecular flexibility index (Phi) is 8.31. The first-order valence-corrected chi connectivity index (χ1v) is 14.4. The van der Waals surface area contributed by atoms with Crippen LogP contribution in [0.5, 0.6) is 0 Å². The van der Waals surface area contributed by atoms with Crippen LogP contribution in [0.3, 0.4) is 0 Å². The second-order valence-corrected chi connectivity index (χ2v) is 11.3. The molecule has 182 valence electrons. The highest BCUT2D eigenvalue weighted by atomic mass is 35.5. The summed E-state index contributed by atoms with van der Waals surface area (Å²) in [5.41, 5.74) is 2.92. The molecule has 10 heteroatoms. The Bertz CT molecular complexity index is 1130. The largest absolute Gasteiger partial charge is 0.322 e. The number of nitrogens with one attached hydrogen (secondary N) is 1. The third-order valence-electron chi connectivity index (χ3n) is 6.25. The number of benzene rings is 2. The van der Waals surface area contributed by atoms with Gasteiger partial charge in [0.1, 0.15) is 0 Å². The van der Waals surface area contributed by atoms with Crippen LogP contribution in [0.1, 0.15) is 29.9 Å². The van der Waals surface area contributed by atoms with Crippen LogP contribution >= 0.6 is 23.4 Å². The molecule has 34 heavy (non-hydrogen) atoms. The maximum Gasteiger partial charge on any atom is 0.322 e. The zero-order valence-electron chi connectivity index (χ0n) is 19.4. The number of rotatable bonds is 6. The van der Waals surface area contributed by atoms with Crippen molar-refractivity contribution in [1.29, 1.82) is 0 Å². The van der Waals surface area contributed by atoms with E-state index in [0.29, 0.717) is 29.2 Å². The van der Waals surface area contributed by atoms with Gasteiger partial charge in [-0.3, -0.25) is 0 Å². The first-order chi connectivity index (χ1) is 16.3. The van der Waals surface area contributed by atoms with E-state index in [1.54, 1.807) is 5.01 Å². The third-order valence-corrected chi connectivity index (χ3v) is 8.23. The fourth-order valence-electron chi connectivity index (χ4n) is 4.26. The molecule has 2 aromatic carbocycles. The molecule has 1 saturated heterocycles. The summed E-state index contributed by atoms with van der Waals surface area (Å²) in [6.07, 6.45) is 3.79. The Hall–Kier alpha value is -1.91. The summed E-state index contributed by atoms with van der Waals surface area (Å²) < 4.78 is 32.4. The van der Waals surface area contributed by atoms with Crippen LogP contribution < -0.4 is 4.72 Å². The molecule has 2 aliphatic rings. The lowest BCUT2D eigenvalue weighted by atomic mass is 9.91. The first-order valence-electron chi connectivity index (χ1n) is 11.3. The molecular weight excluding hydrogens is 490 g/mol. The standard InChI is InChI=1S/C24H30ClN5O2S2/c1-29-14-12-18(13-15-29)16-26-34(31,32)28-24(33-2)30-17-22(19-6-4-3-5-7-19)23(27-30)20-8-10-21(25)11-9-20/h3-11,18,22,26H,12-17H2,1-2H3/b28-24-. The van der Waals surface area contributed by atoms with Crippen molar-refractivity contribution in [3.63, 3.8) is 0 Å². The number of hydrogen-bond donors (Lipinski definition) is 1. The van der Waals surface area contributed by atoms with Gasteiger partial charge in [-0.1, -0.05) is 65.8 Å². The Morgan fingerprint density at radius 1 is 1.15 bits per heavy atom. The molecule has 2 aliphatic heterocycles. The molecule has 1 N–H and O–H groups in total. The van der Waals surface area contributed by atoms with E-state index in [0.717, 1.165) is 42.8 Å². The van der Waals surface area contributed by atoms with Gasteiger partial charge in [-0.15, -0.1) is 4.40 Å². The molecule has 0 radical (unpaired) electrons. The highest BCUT2D eigenvalue weighted by Gasteiger charge is 2.32. The first kappa shape index (κ1) is 25.2. The minimum absolute atomic E-state index is 0.0189. The molecule has 0 aromatic heterocycles. The molecule has 0 bridgehead atoms. The normalized spacial score (nSPS) is 20.6. The second-order valence-electron chi connectivity index (χ2n) is 8.69. The zero-order chi connectivity index (χ0) is 24.1. The number of likely N-dealkylation sites (tertiary alicyclic amines) is 1. The van der Waals surface area contributed by atoms with Gasteiger partial charge in [0.15, 0.2) is 5.17 Å². The van der Waals surface area contributed by atoms with Crippen LogP contribution in [0.15, 0.2) is 64.1 Å². The quantitative estimate of drug-likeness (QED) is 0.460. The number of hydrogen-bond acceptors (Lipinski definition) is 5. The molecule has 1 unspecified atom stereocenters. The predicted molar refractivity (Wildman–Crippen MR) is 142 cm³/mol. The van der Waals surface area contributed by atoms with Gasteiger partial charge in [-0.05, 0) is 68.4 Å². The minimum Gasteiger partial charge on any atom is -0.306 e. The maximum atomic E-state index is 12.8. The van der Waals surface area contributed by atoms with E-state index in [9.17, 15) is 8.42 Å². The van der Waals surface area contributed by atoms with Crippen LogP contribution in [0, 0.1) is 5.92 Å². The molecule has 1 fully saturated rings. The van der Waals surface area contributed by atoms with Gasteiger partial charge in [-0.25, -0.2) is 5.01 Å². The van der Waals surface area contributed by atoms with Crippen molar-refractivity contribution in [3.05, 3.63) is 70.7 Å². The highest BCUT2D eigenvalue weighted by molar-refractivity contribution is 8.13. The molecule has 0 saturated carbocycles. The van der Waals surface area contributed by atoms with Crippen molar-refractivity contribution in [3.8, 4) is 0 Å². The van der Waals surface area contributed by atoms with Crippen molar-refractivity contribution >= 4 is 44.5 Å². The Morgan fingerprint density at radius 2 is 1.82 bits per heavy atom. The molecule has 0 spiro atoms. The van der Waals surface area contributed by atoms with E-state index < -0.39 is 10.2 Å². The summed E-state index contributed by atoms with van der Waals surface area (Å²) in [6.45, 7) is 2.89.